The van der Waals surface area contributed by atoms with E-state index in [1.165, 1.54) is 0 Å². The Morgan fingerprint density at radius 2 is 2.33 bits per heavy atom. The second kappa shape index (κ2) is 2.90. The molecular weight excluding hydrogens is 136 g/mol. The summed E-state index contributed by atoms with van der Waals surface area (Å²) in [4.78, 5) is 0. The Morgan fingerprint density at radius 3 is 2.67 bits per heavy atom. The van der Waals surface area contributed by atoms with E-state index in [4.69, 9.17) is 22.1 Å². The van der Waals surface area contributed by atoms with Crippen molar-refractivity contribution in [2.24, 2.45) is 0 Å². The average molecular weight is 147 g/mol. The zero-order valence-electron chi connectivity index (χ0n) is 5.55. The summed E-state index contributed by atoms with van der Waals surface area (Å²) in [6, 6.07) is 0. The number of rotatable bonds is 1. The Bertz CT molecular complexity index is 89.1. The van der Waals surface area contributed by atoms with Crippen LogP contribution in [0, 0.1) is 0 Å². The summed E-state index contributed by atoms with van der Waals surface area (Å²) in [5.41, 5.74) is 0. The van der Waals surface area contributed by atoms with Crippen molar-refractivity contribution in [1.29, 1.82) is 0 Å². The number of hydrogen-bond acceptors (Lipinski definition) is 2. The maximum atomic E-state index is 5.21. The van der Waals surface area contributed by atoms with E-state index in [-0.39, 0.29) is 0 Å². The third-order valence-corrected chi connectivity index (χ3v) is 2.00. The van der Waals surface area contributed by atoms with Gasteiger partial charge >= 0.3 is 0 Å². The van der Waals surface area contributed by atoms with Crippen LogP contribution in [-0.2, 0) is 9.47 Å². The fourth-order valence-electron chi connectivity index (χ4n) is 0.904. The van der Waals surface area contributed by atoms with Crippen LogP contribution in [0.25, 0.3) is 0 Å². The van der Waals surface area contributed by atoms with Crippen molar-refractivity contribution in [2.75, 3.05) is 13.7 Å². The van der Waals surface area contributed by atoms with Crippen LogP contribution in [0.1, 0.15) is 19.3 Å². The number of methoxy groups -OCH3 is 1. The molecule has 1 unspecified atom stereocenters. The summed E-state index contributed by atoms with van der Waals surface area (Å²) in [5.74, 6) is 0. The smallest absolute Gasteiger partial charge is 0.228 e. The zero-order valence-corrected chi connectivity index (χ0v) is 6.37. The van der Waals surface area contributed by atoms with Gasteiger partial charge in [0.1, 0.15) is 0 Å². The summed E-state index contributed by atoms with van der Waals surface area (Å²) >= 11 is 5.01. The van der Waals surface area contributed by atoms with E-state index in [1.807, 2.05) is 0 Å². The van der Waals surface area contributed by atoms with Crippen molar-refractivity contribution in [3.63, 3.8) is 0 Å². The van der Waals surface area contributed by atoms with Gasteiger partial charge in [0.05, 0.1) is 6.61 Å². The highest BCUT2D eigenvalue weighted by Crippen LogP contribution is 2.28. The minimum atomic E-state index is -0.696. The molecule has 0 aromatic heterocycles. The van der Waals surface area contributed by atoms with E-state index in [2.05, 4.69) is 0 Å². The fourth-order valence-corrected chi connectivity index (χ4v) is 1.13. The lowest BCUT2D eigenvalue weighted by atomic mass is 10.2. The molecule has 1 aliphatic heterocycles. The topological polar surface area (TPSA) is 18.5 Å². The molecular formula is C6H11O2S. The minimum absolute atomic E-state index is 0.696. The molecule has 0 spiro atoms. The molecule has 1 saturated heterocycles. The van der Waals surface area contributed by atoms with E-state index < -0.39 is 5.12 Å². The first-order valence-electron chi connectivity index (χ1n) is 3.16. The SMILES string of the molecule is COC1([S])CCCCO1. The van der Waals surface area contributed by atoms with Crippen LogP contribution < -0.4 is 0 Å². The molecule has 9 heavy (non-hydrogen) atoms. The van der Waals surface area contributed by atoms with Gasteiger partial charge in [0.25, 0.3) is 0 Å². The minimum Gasteiger partial charge on any atom is -0.344 e. The molecule has 2 nitrogen and oxygen atoms in total. The molecule has 0 aliphatic carbocycles. The first kappa shape index (κ1) is 7.38. The van der Waals surface area contributed by atoms with Gasteiger partial charge in [0.15, 0.2) is 0 Å². The van der Waals surface area contributed by atoms with Crippen molar-refractivity contribution in [1.82, 2.24) is 0 Å². The normalized spacial score (nSPS) is 36.7. The van der Waals surface area contributed by atoms with Crippen LogP contribution in [0.4, 0.5) is 0 Å². The van der Waals surface area contributed by atoms with Crippen LogP contribution in [0.2, 0.25) is 0 Å². The lowest BCUT2D eigenvalue weighted by Gasteiger charge is -2.29. The molecule has 1 aliphatic rings. The summed E-state index contributed by atoms with van der Waals surface area (Å²) in [6.07, 6.45) is 3.08. The Balaban J connectivity index is 2.37. The highest BCUT2D eigenvalue weighted by molar-refractivity contribution is 7.81. The predicted molar refractivity (Wildman–Crippen MR) is 37.1 cm³/mol. The third kappa shape index (κ3) is 1.85. The first-order valence-corrected chi connectivity index (χ1v) is 3.57. The van der Waals surface area contributed by atoms with E-state index in [9.17, 15) is 0 Å². The third-order valence-electron chi connectivity index (χ3n) is 1.51. The Kier molecular flexibility index (Phi) is 2.38. The highest BCUT2D eigenvalue weighted by Gasteiger charge is 2.29. The second-order valence-corrected chi connectivity index (χ2v) is 2.81. The molecule has 0 bridgehead atoms. The van der Waals surface area contributed by atoms with Crippen molar-refractivity contribution in [3.05, 3.63) is 0 Å². The maximum Gasteiger partial charge on any atom is 0.228 e. The van der Waals surface area contributed by atoms with E-state index >= 15 is 0 Å². The van der Waals surface area contributed by atoms with Gasteiger partial charge in [-0.05, 0) is 25.5 Å². The van der Waals surface area contributed by atoms with Crippen LogP contribution in [0.3, 0.4) is 0 Å². The van der Waals surface area contributed by atoms with Gasteiger partial charge in [0, 0.05) is 13.5 Å². The molecule has 3 heteroatoms. The largest absolute Gasteiger partial charge is 0.344 e. The lowest BCUT2D eigenvalue weighted by Crippen LogP contribution is -2.31. The summed E-state index contributed by atoms with van der Waals surface area (Å²) in [5, 5.41) is -0.696. The lowest BCUT2D eigenvalue weighted by molar-refractivity contribution is -0.173. The first-order chi connectivity index (χ1) is 4.27. The van der Waals surface area contributed by atoms with Crippen molar-refractivity contribution in [2.45, 2.75) is 24.4 Å². The van der Waals surface area contributed by atoms with Gasteiger partial charge in [0.2, 0.25) is 5.12 Å². The number of ether oxygens (including phenoxy) is 2. The van der Waals surface area contributed by atoms with Crippen LogP contribution in [-0.4, -0.2) is 18.8 Å². The highest BCUT2D eigenvalue weighted by atomic mass is 32.1. The van der Waals surface area contributed by atoms with E-state index in [0.29, 0.717) is 0 Å². The molecule has 1 fully saturated rings. The number of hydrogen-bond donors (Lipinski definition) is 0. The molecule has 1 atom stereocenters. The maximum absolute atomic E-state index is 5.21. The molecule has 0 aromatic rings. The Labute approximate surface area is 60.9 Å². The summed E-state index contributed by atoms with van der Waals surface area (Å²) in [6.45, 7) is 0.747. The van der Waals surface area contributed by atoms with Crippen molar-refractivity contribution < 1.29 is 9.47 Å². The molecule has 0 amide bonds. The average Bonchev–Trinajstić information content (AvgIpc) is 1.90. The molecule has 1 rings (SSSR count). The van der Waals surface area contributed by atoms with Crippen LogP contribution >= 0.6 is 12.6 Å². The van der Waals surface area contributed by atoms with Crippen molar-refractivity contribution in [3.8, 4) is 0 Å². The Morgan fingerprint density at radius 1 is 1.56 bits per heavy atom. The monoisotopic (exact) mass is 147 g/mol. The van der Waals surface area contributed by atoms with E-state index in [1.54, 1.807) is 7.11 Å². The van der Waals surface area contributed by atoms with Crippen molar-refractivity contribution >= 4 is 12.6 Å². The Hall–Kier alpha value is 0.270. The van der Waals surface area contributed by atoms with Crippen LogP contribution in [0.5, 0.6) is 0 Å². The second-order valence-electron chi connectivity index (χ2n) is 2.19. The molecule has 0 saturated carbocycles. The van der Waals surface area contributed by atoms with Gasteiger partial charge in [-0.25, -0.2) is 0 Å². The summed E-state index contributed by atoms with van der Waals surface area (Å²) in [7, 11) is 1.60. The van der Waals surface area contributed by atoms with E-state index in [0.717, 1.165) is 25.9 Å². The standard InChI is InChI=1S/C6H11O2S/c1-7-6(9)4-2-3-5-8-6/h2-5H2,1H3. The predicted octanol–water partition coefficient (Wildman–Crippen LogP) is 1.68. The van der Waals surface area contributed by atoms with Gasteiger partial charge in [-0.1, -0.05) is 0 Å². The molecule has 0 N–H and O–H groups in total. The van der Waals surface area contributed by atoms with Gasteiger partial charge in [-0.15, -0.1) is 0 Å². The molecule has 53 valence electrons. The molecule has 0 aromatic carbocycles. The zero-order chi connectivity index (χ0) is 6.74. The summed E-state index contributed by atoms with van der Waals surface area (Å²) < 4.78 is 10.2. The van der Waals surface area contributed by atoms with Gasteiger partial charge in [-0.3, -0.25) is 0 Å². The molecule has 1 radical (unpaired) electrons. The van der Waals surface area contributed by atoms with Gasteiger partial charge < -0.3 is 9.47 Å². The van der Waals surface area contributed by atoms with Crippen LogP contribution in [0.15, 0.2) is 0 Å². The van der Waals surface area contributed by atoms with Gasteiger partial charge in [-0.2, -0.15) is 0 Å². The molecule has 1 heterocycles. The fraction of sp³-hybridized carbons (Fsp3) is 1.00. The quantitative estimate of drug-likeness (QED) is 0.562.